The Hall–Kier alpha value is -2.63. The van der Waals surface area contributed by atoms with Crippen molar-refractivity contribution in [2.45, 2.75) is 38.8 Å². The number of carbonyl (C=O) groups is 1. The maximum absolute atomic E-state index is 13.3. The highest BCUT2D eigenvalue weighted by atomic mass is 16.5. The Bertz CT molecular complexity index is 1060. The van der Waals surface area contributed by atoms with Gasteiger partial charge in [0.15, 0.2) is 5.78 Å². The van der Waals surface area contributed by atoms with Crippen LogP contribution in [0, 0.1) is 5.92 Å². The number of anilines is 1. The SMILES string of the molecule is COc1cc2c(cc1N1CCN(C)C(C)C1)CC(=CC1CCN(Cc3ccccc3)CC1)C2=O. The van der Waals surface area contributed by atoms with Crippen LogP contribution in [-0.4, -0.2) is 68.5 Å². The van der Waals surface area contributed by atoms with Crippen molar-refractivity contribution in [2.24, 2.45) is 5.92 Å². The summed E-state index contributed by atoms with van der Waals surface area (Å²) in [6.45, 7) is 8.45. The van der Waals surface area contributed by atoms with Crippen molar-refractivity contribution in [1.82, 2.24) is 9.80 Å². The number of hydrogen-bond donors (Lipinski definition) is 0. The highest BCUT2D eigenvalue weighted by Crippen LogP contribution is 2.38. The Balaban J connectivity index is 1.27. The molecule has 2 aromatic rings. The molecule has 2 heterocycles. The lowest BCUT2D eigenvalue weighted by Crippen LogP contribution is -2.50. The average molecular weight is 460 g/mol. The molecule has 5 rings (SSSR count). The van der Waals surface area contributed by atoms with Gasteiger partial charge in [0.2, 0.25) is 0 Å². The summed E-state index contributed by atoms with van der Waals surface area (Å²) in [5, 5.41) is 0. The molecule has 1 aliphatic carbocycles. The van der Waals surface area contributed by atoms with Crippen molar-refractivity contribution in [2.75, 3.05) is 51.8 Å². The second-order valence-corrected chi connectivity index (χ2v) is 10.3. The average Bonchev–Trinajstić information content (AvgIpc) is 3.16. The zero-order valence-electron chi connectivity index (χ0n) is 20.8. The number of Topliss-reactive ketones (excluding diaryl/α,β-unsaturated/α-hetero) is 1. The van der Waals surface area contributed by atoms with E-state index in [1.54, 1.807) is 7.11 Å². The van der Waals surface area contributed by atoms with Crippen molar-refractivity contribution in [3.8, 4) is 5.75 Å². The third kappa shape index (κ3) is 4.77. The first-order valence-corrected chi connectivity index (χ1v) is 12.7. The highest BCUT2D eigenvalue weighted by Gasteiger charge is 2.31. The van der Waals surface area contributed by atoms with Gasteiger partial charge < -0.3 is 14.5 Å². The first kappa shape index (κ1) is 23.1. The number of methoxy groups -OCH3 is 1. The third-order valence-corrected chi connectivity index (χ3v) is 7.94. The summed E-state index contributed by atoms with van der Waals surface area (Å²) in [4.78, 5) is 20.6. The first-order chi connectivity index (χ1) is 16.5. The summed E-state index contributed by atoms with van der Waals surface area (Å²) in [6.07, 6.45) is 5.27. The number of ketones is 1. The molecule has 34 heavy (non-hydrogen) atoms. The second-order valence-electron chi connectivity index (χ2n) is 10.3. The van der Waals surface area contributed by atoms with Crippen LogP contribution in [0.5, 0.6) is 5.75 Å². The zero-order chi connectivity index (χ0) is 23.7. The van der Waals surface area contributed by atoms with Crippen molar-refractivity contribution >= 4 is 11.5 Å². The van der Waals surface area contributed by atoms with Crippen LogP contribution in [0.3, 0.4) is 0 Å². The van der Waals surface area contributed by atoms with Crippen LogP contribution in [0.2, 0.25) is 0 Å². The molecular formula is C29H37N3O2. The van der Waals surface area contributed by atoms with E-state index in [-0.39, 0.29) is 5.78 Å². The van der Waals surface area contributed by atoms with Crippen molar-refractivity contribution < 1.29 is 9.53 Å². The number of ether oxygens (including phenoxy) is 1. The predicted octanol–water partition coefficient (Wildman–Crippen LogP) is 4.41. The van der Waals surface area contributed by atoms with E-state index in [9.17, 15) is 4.79 Å². The molecular weight excluding hydrogens is 422 g/mol. The summed E-state index contributed by atoms with van der Waals surface area (Å²) in [5.41, 5.74) is 5.46. The summed E-state index contributed by atoms with van der Waals surface area (Å²) < 4.78 is 5.75. The monoisotopic (exact) mass is 459 g/mol. The Labute approximate surface area is 204 Å². The smallest absolute Gasteiger partial charge is 0.189 e. The van der Waals surface area contributed by atoms with Gasteiger partial charge in [-0.3, -0.25) is 9.69 Å². The lowest BCUT2D eigenvalue weighted by Gasteiger charge is -2.39. The molecule has 3 aliphatic rings. The summed E-state index contributed by atoms with van der Waals surface area (Å²) in [6, 6.07) is 15.4. The van der Waals surface area contributed by atoms with Gasteiger partial charge in [0.1, 0.15) is 5.75 Å². The van der Waals surface area contributed by atoms with Gasteiger partial charge >= 0.3 is 0 Å². The maximum atomic E-state index is 13.3. The van der Waals surface area contributed by atoms with E-state index in [0.717, 1.165) is 86.7 Å². The van der Waals surface area contributed by atoms with Crippen LogP contribution in [0.15, 0.2) is 54.1 Å². The van der Waals surface area contributed by atoms with Crippen LogP contribution >= 0.6 is 0 Å². The Morgan fingerprint density at radius 2 is 1.82 bits per heavy atom. The molecule has 2 fully saturated rings. The summed E-state index contributed by atoms with van der Waals surface area (Å²) >= 11 is 0. The van der Waals surface area contributed by atoms with E-state index in [2.05, 4.69) is 71.1 Å². The molecule has 0 aromatic heterocycles. The number of likely N-dealkylation sites (tertiary alicyclic amines) is 1. The number of fused-ring (bicyclic) bond motifs is 1. The quantitative estimate of drug-likeness (QED) is 0.619. The van der Waals surface area contributed by atoms with Crippen LogP contribution < -0.4 is 9.64 Å². The largest absolute Gasteiger partial charge is 0.495 e. The Morgan fingerprint density at radius 1 is 1.06 bits per heavy atom. The third-order valence-electron chi connectivity index (χ3n) is 7.94. The van der Waals surface area contributed by atoms with E-state index in [1.165, 1.54) is 5.56 Å². The Kier molecular flexibility index (Phi) is 6.75. The maximum Gasteiger partial charge on any atom is 0.189 e. The normalized spacial score (nSPS) is 23.5. The van der Waals surface area contributed by atoms with Gasteiger partial charge in [0.05, 0.1) is 12.8 Å². The number of carbonyl (C=O) groups excluding carboxylic acids is 1. The molecule has 0 saturated carbocycles. The van der Waals surface area contributed by atoms with E-state index >= 15 is 0 Å². The molecule has 0 amide bonds. The molecule has 0 radical (unpaired) electrons. The number of benzene rings is 2. The number of piperazine rings is 1. The minimum Gasteiger partial charge on any atom is -0.495 e. The van der Waals surface area contributed by atoms with Crippen molar-refractivity contribution in [1.29, 1.82) is 0 Å². The lowest BCUT2D eigenvalue weighted by molar-refractivity contribution is 0.103. The van der Waals surface area contributed by atoms with Crippen LogP contribution in [0.1, 0.15) is 41.3 Å². The van der Waals surface area contributed by atoms with Gasteiger partial charge in [0.25, 0.3) is 0 Å². The van der Waals surface area contributed by atoms with E-state index in [4.69, 9.17) is 4.74 Å². The molecule has 0 spiro atoms. The van der Waals surface area contributed by atoms with Crippen LogP contribution in [0.4, 0.5) is 5.69 Å². The number of likely N-dealkylation sites (N-methyl/N-ethyl adjacent to an activating group) is 1. The Morgan fingerprint density at radius 3 is 2.53 bits per heavy atom. The van der Waals surface area contributed by atoms with Gasteiger partial charge in [-0.05, 0) is 69.1 Å². The van der Waals surface area contributed by atoms with Crippen molar-refractivity contribution in [3.63, 3.8) is 0 Å². The fourth-order valence-electron chi connectivity index (χ4n) is 5.64. The molecule has 2 aliphatic heterocycles. The fraction of sp³-hybridized carbons (Fsp3) is 0.483. The van der Waals surface area contributed by atoms with Gasteiger partial charge in [-0.25, -0.2) is 0 Å². The standard InChI is InChI=1S/C29H37N3O2/c1-21-19-32(14-13-30(21)2)27-17-24-16-25(29(33)26(24)18-28(27)34-3)15-22-9-11-31(12-10-22)20-23-7-5-4-6-8-23/h4-8,15,17-18,21-22H,9-14,16,19-20H2,1-3H3. The number of piperidine rings is 1. The molecule has 180 valence electrons. The molecule has 5 nitrogen and oxygen atoms in total. The van der Waals surface area contributed by atoms with Gasteiger partial charge in [-0.2, -0.15) is 0 Å². The van der Waals surface area contributed by atoms with Crippen LogP contribution in [0.25, 0.3) is 0 Å². The highest BCUT2D eigenvalue weighted by molar-refractivity contribution is 6.13. The van der Waals surface area contributed by atoms with E-state index in [0.29, 0.717) is 12.0 Å². The molecule has 0 N–H and O–H groups in total. The number of rotatable bonds is 5. The number of allylic oxidation sites excluding steroid dienone is 2. The zero-order valence-corrected chi connectivity index (χ0v) is 20.8. The van der Waals surface area contributed by atoms with Crippen molar-refractivity contribution in [3.05, 3.63) is 70.8 Å². The molecule has 2 saturated heterocycles. The number of hydrogen-bond acceptors (Lipinski definition) is 5. The van der Waals surface area contributed by atoms with Gasteiger partial charge in [-0.1, -0.05) is 36.4 Å². The predicted molar refractivity (Wildman–Crippen MR) is 138 cm³/mol. The van der Waals surface area contributed by atoms with Gasteiger partial charge in [-0.15, -0.1) is 0 Å². The molecule has 1 unspecified atom stereocenters. The molecule has 2 aromatic carbocycles. The summed E-state index contributed by atoms with van der Waals surface area (Å²) in [7, 11) is 3.90. The minimum atomic E-state index is 0.193. The molecule has 5 heteroatoms. The van der Waals surface area contributed by atoms with Crippen LogP contribution in [-0.2, 0) is 13.0 Å². The van der Waals surface area contributed by atoms with E-state index < -0.39 is 0 Å². The topological polar surface area (TPSA) is 36.0 Å². The number of nitrogens with zero attached hydrogens (tertiary/aromatic N) is 3. The van der Waals surface area contributed by atoms with Gasteiger partial charge in [0, 0.05) is 49.8 Å². The first-order valence-electron chi connectivity index (χ1n) is 12.7. The minimum absolute atomic E-state index is 0.193. The lowest BCUT2D eigenvalue weighted by atomic mass is 9.93. The molecule has 0 bridgehead atoms. The summed E-state index contributed by atoms with van der Waals surface area (Å²) in [5.74, 6) is 1.50. The fourth-order valence-corrected chi connectivity index (χ4v) is 5.64. The van der Waals surface area contributed by atoms with E-state index in [1.807, 2.05) is 6.07 Å². The molecule has 1 atom stereocenters. The second kappa shape index (κ2) is 9.93.